The van der Waals surface area contributed by atoms with Crippen LogP contribution < -0.4 is 0 Å². The largest absolute Gasteiger partial charge is 0.360 e. The van der Waals surface area contributed by atoms with Gasteiger partial charge in [0.15, 0.2) is 0 Å². The second kappa shape index (κ2) is 4.22. The zero-order valence-electron chi connectivity index (χ0n) is 12.1. The summed E-state index contributed by atoms with van der Waals surface area (Å²) >= 11 is 0. The minimum Gasteiger partial charge on any atom is -0.360 e. The lowest BCUT2D eigenvalue weighted by atomic mass is 10.0. The molecule has 2 atom stereocenters. The zero-order chi connectivity index (χ0) is 13.6. The standard InChI is InChI=1S/C17H21NO/c1-11(2)15-16(17(15,3)4)14-10-13(18-19-14)12-8-6-5-7-9-12/h5-11,15-16H,1-4H3/t15-,16-/m0/s1. The van der Waals surface area contributed by atoms with Crippen LogP contribution in [-0.4, -0.2) is 5.16 Å². The Labute approximate surface area is 114 Å². The second-order valence-corrected chi connectivity index (χ2v) is 6.55. The Balaban J connectivity index is 1.88. The molecule has 1 heterocycles. The smallest absolute Gasteiger partial charge is 0.141 e. The van der Waals surface area contributed by atoms with Gasteiger partial charge < -0.3 is 4.52 Å². The van der Waals surface area contributed by atoms with Gasteiger partial charge in [-0.15, -0.1) is 0 Å². The monoisotopic (exact) mass is 255 g/mol. The first kappa shape index (κ1) is 12.5. The van der Waals surface area contributed by atoms with Crippen LogP contribution in [0.15, 0.2) is 40.9 Å². The van der Waals surface area contributed by atoms with Crippen molar-refractivity contribution in [2.45, 2.75) is 33.6 Å². The van der Waals surface area contributed by atoms with Crippen molar-refractivity contribution in [3.63, 3.8) is 0 Å². The van der Waals surface area contributed by atoms with Gasteiger partial charge in [0.2, 0.25) is 0 Å². The molecule has 1 aromatic carbocycles. The van der Waals surface area contributed by atoms with Crippen LogP contribution in [0.4, 0.5) is 0 Å². The van der Waals surface area contributed by atoms with Crippen LogP contribution in [0, 0.1) is 17.3 Å². The van der Waals surface area contributed by atoms with Crippen molar-refractivity contribution in [2.24, 2.45) is 17.3 Å². The highest BCUT2D eigenvalue weighted by atomic mass is 16.5. The summed E-state index contributed by atoms with van der Waals surface area (Å²) in [6.07, 6.45) is 0. The quantitative estimate of drug-likeness (QED) is 0.792. The van der Waals surface area contributed by atoms with Crippen molar-refractivity contribution in [3.8, 4) is 11.3 Å². The number of nitrogens with zero attached hydrogens (tertiary/aromatic N) is 1. The molecule has 2 heteroatoms. The second-order valence-electron chi connectivity index (χ2n) is 6.55. The predicted octanol–water partition coefficient (Wildman–Crippen LogP) is 4.74. The minimum absolute atomic E-state index is 0.335. The van der Waals surface area contributed by atoms with E-state index in [-0.39, 0.29) is 0 Å². The Kier molecular flexibility index (Phi) is 2.77. The van der Waals surface area contributed by atoms with Crippen LogP contribution in [0.25, 0.3) is 11.3 Å². The Hall–Kier alpha value is -1.57. The van der Waals surface area contributed by atoms with Gasteiger partial charge >= 0.3 is 0 Å². The van der Waals surface area contributed by atoms with Gasteiger partial charge in [-0.3, -0.25) is 0 Å². The highest BCUT2D eigenvalue weighted by Crippen LogP contribution is 2.67. The minimum atomic E-state index is 0.335. The topological polar surface area (TPSA) is 26.0 Å². The number of hydrogen-bond acceptors (Lipinski definition) is 2. The van der Waals surface area contributed by atoms with E-state index in [1.165, 1.54) is 0 Å². The summed E-state index contributed by atoms with van der Waals surface area (Å²) in [5.41, 5.74) is 2.40. The maximum Gasteiger partial charge on any atom is 0.141 e. The third kappa shape index (κ3) is 1.99. The first-order valence-electron chi connectivity index (χ1n) is 7.04. The molecule has 100 valence electrons. The number of benzene rings is 1. The Morgan fingerprint density at radius 1 is 1.16 bits per heavy atom. The third-order valence-corrected chi connectivity index (χ3v) is 4.53. The van der Waals surface area contributed by atoms with Gasteiger partial charge in [-0.1, -0.05) is 63.2 Å². The van der Waals surface area contributed by atoms with E-state index < -0.39 is 0 Å². The third-order valence-electron chi connectivity index (χ3n) is 4.53. The van der Waals surface area contributed by atoms with Crippen molar-refractivity contribution in [3.05, 3.63) is 42.2 Å². The molecule has 2 nitrogen and oxygen atoms in total. The molecule has 2 aromatic rings. The molecule has 1 aromatic heterocycles. The van der Waals surface area contributed by atoms with Crippen LogP contribution in [0.2, 0.25) is 0 Å². The number of rotatable bonds is 3. The Morgan fingerprint density at radius 3 is 2.42 bits per heavy atom. The molecule has 1 aliphatic rings. The summed E-state index contributed by atoms with van der Waals surface area (Å²) in [6, 6.07) is 12.3. The summed E-state index contributed by atoms with van der Waals surface area (Å²) in [4.78, 5) is 0. The van der Waals surface area contributed by atoms with Crippen LogP contribution in [0.5, 0.6) is 0 Å². The molecule has 0 aliphatic heterocycles. The first-order valence-corrected chi connectivity index (χ1v) is 7.04. The van der Waals surface area contributed by atoms with Crippen LogP contribution in [-0.2, 0) is 0 Å². The van der Waals surface area contributed by atoms with Gasteiger partial charge in [-0.25, -0.2) is 0 Å². The van der Waals surface area contributed by atoms with Crippen molar-refractivity contribution in [1.29, 1.82) is 0 Å². The fourth-order valence-electron chi connectivity index (χ4n) is 3.65. The lowest BCUT2D eigenvalue weighted by Gasteiger charge is -2.04. The summed E-state index contributed by atoms with van der Waals surface area (Å²) < 4.78 is 5.61. The summed E-state index contributed by atoms with van der Waals surface area (Å²) in [5.74, 6) is 2.94. The van der Waals surface area contributed by atoms with E-state index in [2.05, 4.69) is 51.1 Å². The predicted molar refractivity (Wildman–Crippen MR) is 76.8 cm³/mol. The maximum atomic E-state index is 5.61. The molecule has 0 bridgehead atoms. The van der Waals surface area contributed by atoms with Gasteiger partial charge in [0.1, 0.15) is 11.5 Å². The van der Waals surface area contributed by atoms with Crippen molar-refractivity contribution in [2.75, 3.05) is 0 Å². The summed E-state index contributed by atoms with van der Waals surface area (Å²) in [6.45, 7) is 9.24. The van der Waals surface area contributed by atoms with Gasteiger partial charge in [0.05, 0.1) is 0 Å². The van der Waals surface area contributed by atoms with Crippen molar-refractivity contribution in [1.82, 2.24) is 5.16 Å². The lowest BCUT2D eigenvalue weighted by Crippen LogP contribution is -1.96. The van der Waals surface area contributed by atoms with Crippen LogP contribution in [0.1, 0.15) is 39.4 Å². The molecule has 0 amide bonds. The summed E-state index contributed by atoms with van der Waals surface area (Å²) in [5, 5.41) is 4.23. The Bertz CT molecular complexity index is 568. The highest BCUT2D eigenvalue weighted by Gasteiger charge is 2.61. The summed E-state index contributed by atoms with van der Waals surface area (Å²) in [7, 11) is 0. The SMILES string of the molecule is CC(C)[C@H]1[C@H](c2cc(-c3ccccc3)no2)C1(C)C. The molecule has 1 fully saturated rings. The molecule has 1 saturated carbocycles. The van der Waals surface area contributed by atoms with E-state index in [1.807, 2.05) is 18.2 Å². The van der Waals surface area contributed by atoms with E-state index in [0.29, 0.717) is 23.2 Å². The van der Waals surface area contributed by atoms with E-state index in [9.17, 15) is 0 Å². The van der Waals surface area contributed by atoms with Crippen LogP contribution >= 0.6 is 0 Å². The molecule has 0 N–H and O–H groups in total. The Morgan fingerprint density at radius 2 is 1.84 bits per heavy atom. The fourth-order valence-corrected chi connectivity index (χ4v) is 3.65. The molecular formula is C17H21NO. The van der Waals surface area contributed by atoms with Gasteiger partial charge in [-0.05, 0) is 17.3 Å². The number of hydrogen-bond donors (Lipinski definition) is 0. The molecular weight excluding hydrogens is 234 g/mol. The lowest BCUT2D eigenvalue weighted by molar-refractivity contribution is 0.373. The first-order chi connectivity index (χ1) is 9.01. The maximum absolute atomic E-state index is 5.61. The average Bonchev–Trinajstić information content (AvgIpc) is 2.76. The average molecular weight is 255 g/mol. The van der Waals surface area contributed by atoms with Crippen LogP contribution in [0.3, 0.4) is 0 Å². The van der Waals surface area contributed by atoms with E-state index in [0.717, 1.165) is 17.0 Å². The van der Waals surface area contributed by atoms with E-state index in [4.69, 9.17) is 4.52 Å². The van der Waals surface area contributed by atoms with E-state index in [1.54, 1.807) is 0 Å². The van der Waals surface area contributed by atoms with Gasteiger partial charge in [-0.2, -0.15) is 0 Å². The molecule has 19 heavy (non-hydrogen) atoms. The zero-order valence-corrected chi connectivity index (χ0v) is 12.1. The van der Waals surface area contributed by atoms with Crippen molar-refractivity contribution >= 4 is 0 Å². The molecule has 3 rings (SSSR count). The normalized spacial score (nSPS) is 24.7. The molecule has 0 spiro atoms. The molecule has 0 saturated heterocycles. The van der Waals surface area contributed by atoms with Gasteiger partial charge in [0.25, 0.3) is 0 Å². The molecule has 0 radical (unpaired) electrons. The highest BCUT2D eigenvalue weighted by molar-refractivity contribution is 5.58. The number of aromatic nitrogens is 1. The molecule has 0 unspecified atom stereocenters. The van der Waals surface area contributed by atoms with E-state index >= 15 is 0 Å². The van der Waals surface area contributed by atoms with Gasteiger partial charge in [0, 0.05) is 17.5 Å². The fraction of sp³-hybridized carbons (Fsp3) is 0.471. The van der Waals surface area contributed by atoms with Crippen molar-refractivity contribution < 1.29 is 4.52 Å². The molecule has 1 aliphatic carbocycles.